The molecule has 0 unspecified atom stereocenters. The lowest BCUT2D eigenvalue weighted by atomic mass is 10.1. The number of carbonyl (C=O) groups is 1. The maximum absolute atomic E-state index is 12.1. The zero-order valence-corrected chi connectivity index (χ0v) is 16.0. The van der Waals surface area contributed by atoms with Crippen molar-refractivity contribution in [3.05, 3.63) is 58.7 Å². The Morgan fingerprint density at radius 2 is 1.81 bits per heavy atom. The van der Waals surface area contributed by atoms with Crippen molar-refractivity contribution in [1.82, 2.24) is 0 Å². The summed E-state index contributed by atoms with van der Waals surface area (Å²) in [5.74, 6) is 0.481. The summed E-state index contributed by atoms with van der Waals surface area (Å²) in [6.45, 7) is 9.74. The molecule has 0 aliphatic carbocycles. The van der Waals surface area contributed by atoms with Crippen molar-refractivity contribution in [1.29, 1.82) is 0 Å². The fraction of sp³-hybridized carbons (Fsp3) is 0.333. The lowest BCUT2D eigenvalue weighted by molar-refractivity contribution is -0.120. The first-order valence-electron chi connectivity index (χ1n) is 8.65. The van der Waals surface area contributed by atoms with E-state index in [1.165, 1.54) is 5.56 Å². The molecule has 2 aromatic carbocycles. The molecule has 0 atom stereocenters. The molecule has 0 heterocycles. The molecule has 0 fully saturated rings. The molecule has 138 valence electrons. The van der Waals surface area contributed by atoms with Crippen LogP contribution in [0.4, 0.5) is 5.69 Å². The molecule has 0 radical (unpaired) electrons. The molecule has 0 saturated carbocycles. The lowest BCUT2D eigenvalue weighted by Gasteiger charge is -2.12. The van der Waals surface area contributed by atoms with Gasteiger partial charge in [-0.05, 0) is 57.9 Å². The van der Waals surface area contributed by atoms with Gasteiger partial charge in [0.05, 0.1) is 12.3 Å². The summed E-state index contributed by atoms with van der Waals surface area (Å²) in [7, 11) is 0. The Morgan fingerprint density at radius 3 is 2.46 bits per heavy atom. The van der Waals surface area contributed by atoms with E-state index >= 15 is 0 Å². The average molecular weight is 354 g/mol. The highest BCUT2D eigenvalue weighted by atomic mass is 16.6. The Morgan fingerprint density at radius 1 is 1.15 bits per heavy atom. The number of para-hydroxylation sites is 1. The van der Waals surface area contributed by atoms with Crippen molar-refractivity contribution in [2.75, 3.05) is 11.9 Å². The van der Waals surface area contributed by atoms with Gasteiger partial charge < -0.3 is 14.9 Å². The predicted molar refractivity (Wildman–Crippen MR) is 105 cm³/mol. The van der Waals surface area contributed by atoms with Crippen LogP contribution in [0.2, 0.25) is 0 Å². The Kier molecular flexibility index (Phi) is 6.78. The molecule has 0 saturated heterocycles. The maximum Gasteiger partial charge on any atom is 0.265 e. The van der Waals surface area contributed by atoms with Gasteiger partial charge in [-0.2, -0.15) is 0 Å². The summed E-state index contributed by atoms with van der Waals surface area (Å²) in [5, 5.41) is 6.76. The number of benzene rings is 2. The van der Waals surface area contributed by atoms with E-state index < -0.39 is 0 Å². The molecule has 1 amide bonds. The molecular weight excluding hydrogens is 328 g/mol. The van der Waals surface area contributed by atoms with Gasteiger partial charge in [0.2, 0.25) is 0 Å². The third-order valence-corrected chi connectivity index (χ3v) is 3.69. The summed E-state index contributed by atoms with van der Waals surface area (Å²) in [6, 6.07) is 11.6. The first-order valence-corrected chi connectivity index (χ1v) is 8.65. The minimum Gasteiger partial charge on any atom is -0.490 e. The molecule has 5 nitrogen and oxygen atoms in total. The zero-order valence-electron chi connectivity index (χ0n) is 16.0. The van der Waals surface area contributed by atoms with Gasteiger partial charge in [-0.15, -0.1) is 0 Å². The second-order valence-corrected chi connectivity index (χ2v) is 6.53. The average Bonchev–Trinajstić information content (AvgIpc) is 2.56. The Labute approximate surface area is 155 Å². The standard InChI is InChI=1S/C21H26N2O3/c1-14(2)26-19-9-7-6-8-18(19)12-22-25-13-20(24)23-21-16(4)10-15(3)11-17(21)5/h6-12,14H,13H2,1-5H3,(H,23,24)/b22-12+. The number of hydrogen-bond donors (Lipinski definition) is 1. The SMILES string of the molecule is Cc1cc(C)c(NC(=O)CO/N=C/c2ccccc2OC(C)C)c(C)c1. The summed E-state index contributed by atoms with van der Waals surface area (Å²) < 4.78 is 5.71. The number of carbonyl (C=O) groups excluding carboxylic acids is 1. The van der Waals surface area contributed by atoms with Gasteiger partial charge in [-0.1, -0.05) is 35.0 Å². The Bertz CT molecular complexity index is 775. The largest absolute Gasteiger partial charge is 0.490 e. The van der Waals surface area contributed by atoms with E-state index in [1.54, 1.807) is 6.21 Å². The monoisotopic (exact) mass is 354 g/mol. The van der Waals surface area contributed by atoms with E-state index in [2.05, 4.69) is 10.5 Å². The lowest BCUT2D eigenvalue weighted by Crippen LogP contribution is -2.18. The molecule has 2 aromatic rings. The van der Waals surface area contributed by atoms with Crippen LogP contribution in [0, 0.1) is 20.8 Å². The van der Waals surface area contributed by atoms with Gasteiger partial charge in [0.15, 0.2) is 6.61 Å². The molecule has 26 heavy (non-hydrogen) atoms. The molecule has 0 aromatic heterocycles. The molecule has 2 rings (SSSR count). The van der Waals surface area contributed by atoms with Crippen molar-refractivity contribution in [2.24, 2.45) is 5.16 Å². The topological polar surface area (TPSA) is 59.9 Å². The second-order valence-electron chi connectivity index (χ2n) is 6.53. The van der Waals surface area contributed by atoms with Crippen molar-refractivity contribution in [2.45, 2.75) is 40.7 Å². The van der Waals surface area contributed by atoms with Crippen LogP contribution in [0.1, 0.15) is 36.1 Å². The molecule has 0 aliphatic rings. The molecule has 0 bridgehead atoms. The summed E-state index contributed by atoms with van der Waals surface area (Å²) in [4.78, 5) is 17.2. The number of ether oxygens (including phenoxy) is 1. The zero-order chi connectivity index (χ0) is 19.1. The van der Waals surface area contributed by atoms with Crippen molar-refractivity contribution >= 4 is 17.8 Å². The van der Waals surface area contributed by atoms with Crippen LogP contribution in [0.15, 0.2) is 41.6 Å². The van der Waals surface area contributed by atoms with Crippen LogP contribution < -0.4 is 10.1 Å². The number of rotatable bonds is 7. The third kappa shape index (κ3) is 5.62. The highest BCUT2D eigenvalue weighted by molar-refractivity contribution is 5.93. The summed E-state index contributed by atoms with van der Waals surface area (Å²) >= 11 is 0. The minimum absolute atomic E-state index is 0.0669. The van der Waals surface area contributed by atoms with Gasteiger partial charge in [0.1, 0.15) is 5.75 Å². The Hall–Kier alpha value is -2.82. The second kappa shape index (κ2) is 9.04. The predicted octanol–water partition coefficient (Wildman–Crippen LogP) is 4.39. The number of aryl methyl sites for hydroxylation is 3. The van der Waals surface area contributed by atoms with Crippen molar-refractivity contribution in [3.63, 3.8) is 0 Å². The van der Waals surface area contributed by atoms with Crippen LogP contribution in [0.25, 0.3) is 0 Å². The number of amides is 1. The summed E-state index contributed by atoms with van der Waals surface area (Å²) in [5.41, 5.74) is 4.84. The van der Waals surface area contributed by atoms with Crippen LogP contribution in [0.3, 0.4) is 0 Å². The van der Waals surface area contributed by atoms with E-state index in [9.17, 15) is 4.79 Å². The van der Waals surface area contributed by atoms with E-state index in [1.807, 2.05) is 71.0 Å². The summed E-state index contributed by atoms with van der Waals surface area (Å²) in [6.07, 6.45) is 1.62. The fourth-order valence-corrected chi connectivity index (χ4v) is 2.69. The molecule has 0 spiro atoms. The maximum atomic E-state index is 12.1. The third-order valence-electron chi connectivity index (χ3n) is 3.69. The Balaban J connectivity index is 1.92. The smallest absolute Gasteiger partial charge is 0.265 e. The van der Waals surface area contributed by atoms with Gasteiger partial charge in [0.25, 0.3) is 5.91 Å². The van der Waals surface area contributed by atoms with Crippen LogP contribution in [-0.2, 0) is 9.63 Å². The molecular formula is C21H26N2O3. The number of hydrogen-bond acceptors (Lipinski definition) is 4. The van der Waals surface area contributed by atoms with Crippen LogP contribution in [0.5, 0.6) is 5.75 Å². The fourth-order valence-electron chi connectivity index (χ4n) is 2.69. The quantitative estimate of drug-likeness (QED) is 0.593. The number of nitrogens with zero attached hydrogens (tertiary/aromatic N) is 1. The van der Waals surface area contributed by atoms with Gasteiger partial charge in [-0.25, -0.2) is 0 Å². The van der Waals surface area contributed by atoms with Gasteiger partial charge in [-0.3, -0.25) is 4.79 Å². The van der Waals surface area contributed by atoms with Gasteiger partial charge in [0, 0.05) is 11.3 Å². The van der Waals surface area contributed by atoms with E-state index in [0.29, 0.717) is 0 Å². The first-order chi connectivity index (χ1) is 12.4. The van der Waals surface area contributed by atoms with E-state index in [0.717, 1.165) is 28.1 Å². The number of nitrogens with one attached hydrogen (secondary N) is 1. The number of oxime groups is 1. The van der Waals surface area contributed by atoms with Crippen LogP contribution in [-0.4, -0.2) is 24.8 Å². The van der Waals surface area contributed by atoms with E-state index in [-0.39, 0.29) is 18.6 Å². The highest BCUT2D eigenvalue weighted by Gasteiger charge is 2.09. The van der Waals surface area contributed by atoms with E-state index in [4.69, 9.17) is 9.57 Å². The van der Waals surface area contributed by atoms with Crippen molar-refractivity contribution in [3.8, 4) is 5.75 Å². The molecule has 1 N–H and O–H groups in total. The first kappa shape index (κ1) is 19.5. The highest BCUT2D eigenvalue weighted by Crippen LogP contribution is 2.21. The molecule has 5 heteroatoms. The number of anilines is 1. The normalized spacial score (nSPS) is 11.0. The molecule has 0 aliphatic heterocycles. The minimum atomic E-state index is -0.246. The van der Waals surface area contributed by atoms with Crippen molar-refractivity contribution < 1.29 is 14.4 Å². The van der Waals surface area contributed by atoms with Crippen LogP contribution >= 0.6 is 0 Å². The van der Waals surface area contributed by atoms with Gasteiger partial charge >= 0.3 is 0 Å².